The van der Waals surface area contributed by atoms with Crippen LogP contribution in [0.4, 0.5) is 0 Å². The van der Waals surface area contributed by atoms with Gasteiger partial charge in [-0.05, 0) is 64.2 Å². The highest BCUT2D eigenvalue weighted by atomic mass is 16.4. The fourth-order valence-electron chi connectivity index (χ4n) is 6.88. The van der Waals surface area contributed by atoms with Crippen LogP contribution in [0.5, 0.6) is 0 Å². The molecule has 2 saturated heterocycles. The summed E-state index contributed by atoms with van der Waals surface area (Å²) in [5, 5.41) is 29.0. The molecule has 3 heterocycles. The Morgan fingerprint density at radius 2 is 1.50 bits per heavy atom. The number of aromatic amines is 1. The van der Waals surface area contributed by atoms with Gasteiger partial charge in [-0.2, -0.15) is 0 Å². The van der Waals surface area contributed by atoms with E-state index in [1.54, 1.807) is 0 Å². The van der Waals surface area contributed by atoms with Gasteiger partial charge in [-0.3, -0.25) is 43.3 Å². The Bertz CT molecular complexity index is 1650. The van der Waals surface area contributed by atoms with Crippen molar-refractivity contribution >= 4 is 53.3 Å². The monoisotopic (exact) mass is 818 g/mol. The SMILES string of the molecule is CC(C)C[C@H](NC(=O)[C@@H]1CCCN1C(=O)[C@@H]1CCCN1C(=O)[C@H](CCC(=O)O)NC(=O)[C@H](Cc1cnc[nH]1)NC(=O)[C@@H](N)CCCN=C(N)N)C(=O)N[C@@H](C)C(=O)O. The molecule has 3 rings (SSSR count). The molecule has 0 aromatic carbocycles. The highest BCUT2D eigenvalue weighted by Crippen LogP contribution is 2.26. The number of carboxylic acid groups (broad SMARTS) is 2. The van der Waals surface area contributed by atoms with Crippen LogP contribution in [0, 0.1) is 5.92 Å². The van der Waals surface area contributed by atoms with Crippen molar-refractivity contribution in [3.63, 3.8) is 0 Å². The summed E-state index contributed by atoms with van der Waals surface area (Å²) in [6.45, 7) is 5.50. The number of nitrogens with zero attached hydrogens (tertiary/aromatic N) is 4. The highest BCUT2D eigenvalue weighted by molar-refractivity contribution is 5.97. The molecule has 0 unspecified atom stereocenters. The summed E-state index contributed by atoms with van der Waals surface area (Å²) in [7, 11) is 0. The normalized spacial score (nSPS) is 19.0. The minimum Gasteiger partial charge on any atom is -0.481 e. The first-order chi connectivity index (χ1) is 27.4. The maximum absolute atomic E-state index is 14.2. The average Bonchev–Trinajstić information content (AvgIpc) is 3.96. The lowest BCUT2D eigenvalue weighted by Gasteiger charge is -2.33. The van der Waals surface area contributed by atoms with E-state index in [0.717, 1.165) is 0 Å². The molecular formula is C36H58N12O10. The molecule has 1 aromatic rings. The van der Waals surface area contributed by atoms with Gasteiger partial charge >= 0.3 is 11.9 Å². The predicted molar refractivity (Wildman–Crippen MR) is 207 cm³/mol. The average molecular weight is 819 g/mol. The summed E-state index contributed by atoms with van der Waals surface area (Å²) in [4.78, 5) is 118. The summed E-state index contributed by atoms with van der Waals surface area (Å²) in [6, 6.07) is -7.99. The molecule has 2 aliphatic rings. The minimum absolute atomic E-state index is 0.0485. The van der Waals surface area contributed by atoms with Gasteiger partial charge in [0.1, 0.15) is 36.3 Å². The van der Waals surface area contributed by atoms with Gasteiger partial charge < -0.3 is 63.5 Å². The van der Waals surface area contributed by atoms with E-state index in [1.165, 1.54) is 29.2 Å². The third-order valence-corrected chi connectivity index (χ3v) is 9.91. The van der Waals surface area contributed by atoms with Gasteiger partial charge in [0.15, 0.2) is 5.96 Å². The van der Waals surface area contributed by atoms with Crippen LogP contribution in [0.2, 0.25) is 0 Å². The van der Waals surface area contributed by atoms with E-state index in [1.807, 2.05) is 13.8 Å². The zero-order valence-corrected chi connectivity index (χ0v) is 33.1. The zero-order valence-electron chi connectivity index (χ0n) is 33.1. The van der Waals surface area contributed by atoms with Crippen molar-refractivity contribution in [2.75, 3.05) is 19.6 Å². The Labute approximate surface area is 335 Å². The standard InChI is InChI=1S/C36H58N12O10/c1-19(2)15-24(30(52)43-20(3)35(57)58)46-32(54)26-8-5-13-47(26)34(56)27-9-6-14-48(27)33(55)23(10-11-28(49)50)44-31(53)25(16-21-17-40-18-42-21)45-29(51)22(37)7-4-12-41-36(38)39/h17-20,22-27H,4-16,37H2,1-3H3,(H,40,42)(H,43,52)(H,44,53)(H,45,51)(H,46,54)(H,49,50)(H,57,58)(H4,38,39,41)/t20-,22-,23-,24-,25-,26-,27-/m0/s1. The lowest BCUT2D eigenvalue weighted by molar-refractivity contribution is -0.148. The Hall–Kier alpha value is -5.80. The Kier molecular flexibility index (Phi) is 17.8. The number of hydrogen-bond donors (Lipinski definition) is 10. The van der Waals surface area contributed by atoms with E-state index in [4.69, 9.17) is 17.2 Å². The molecule has 1 aromatic heterocycles. The number of likely N-dealkylation sites (tertiary alicyclic amines) is 2. The molecule has 13 N–H and O–H groups in total. The summed E-state index contributed by atoms with van der Waals surface area (Å²) in [5.41, 5.74) is 17.2. The van der Waals surface area contributed by atoms with Gasteiger partial charge in [-0.15, -0.1) is 0 Å². The number of amides is 6. The number of carbonyl (C=O) groups excluding carboxylic acids is 6. The number of hydrogen-bond acceptors (Lipinski definition) is 11. The van der Waals surface area contributed by atoms with Crippen LogP contribution in [-0.4, -0.2) is 145 Å². The fourth-order valence-corrected chi connectivity index (χ4v) is 6.88. The minimum atomic E-state index is -1.41. The first-order valence-corrected chi connectivity index (χ1v) is 19.4. The third kappa shape index (κ3) is 14.0. The lowest BCUT2D eigenvalue weighted by atomic mass is 10.0. The highest BCUT2D eigenvalue weighted by Gasteiger charge is 2.44. The molecule has 0 radical (unpaired) electrons. The number of nitrogens with two attached hydrogens (primary N) is 3. The molecular weight excluding hydrogens is 760 g/mol. The molecule has 0 spiro atoms. The van der Waals surface area contributed by atoms with Gasteiger partial charge in [0.2, 0.25) is 35.4 Å². The molecule has 22 heteroatoms. The third-order valence-electron chi connectivity index (χ3n) is 9.91. The van der Waals surface area contributed by atoms with Crippen LogP contribution in [-0.2, 0) is 44.8 Å². The molecule has 322 valence electrons. The molecule has 7 atom stereocenters. The maximum Gasteiger partial charge on any atom is 0.325 e. The number of aliphatic carboxylic acids is 2. The van der Waals surface area contributed by atoms with Crippen LogP contribution in [0.25, 0.3) is 0 Å². The molecule has 0 saturated carbocycles. The second-order valence-corrected chi connectivity index (χ2v) is 15.0. The van der Waals surface area contributed by atoms with Crippen LogP contribution in [0.3, 0.4) is 0 Å². The number of imidazole rings is 1. The Morgan fingerprint density at radius 1 is 0.862 bits per heavy atom. The maximum atomic E-state index is 14.2. The van der Waals surface area contributed by atoms with Gasteiger partial charge in [0.05, 0.1) is 12.4 Å². The number of guanidine groups is 1. The van der Waals surface area contributed by atoms with Crippen molar-refractivity contribution in [1.29, 1.82) is 0 Å². The summed E-state index contributed by atoms with van der Waals surface area (Å²) < 4.78 is 0. The number of aliphatic imine (C=N–C) groups is 1. The molecule has 22 nitrogen and oxygen atoms in total. The second kappa shape index (κ2) is 22.2. The van der Waals surface area contributed by atoms with E-state index in [-0.39, 0.29) is 70.0 Å². The lowest BCUT2D eigenvalue weighted by Crippen LogP contribution is -2.59. The first-order valence-electron chi connectivity index (χ1n) is 19.4. The van der Waals surface area contributed by atoms with E-state index in [0.29, 0.717) is 25.0 Å². The smallest absolute Gasteiger partial charge is 0.325 e. The molecule has 58 heavy (non-hydrogen) atoms. The van der Waals surface area contributed by atoms with Crippen molar-refractivity contribution in [3.8, 4) is 0 Å². The van der Waals surface area contributed by atoms with Crippen molar-refractivity contribution in [1.82, 2.24) is 41.0 Å². The zero-order chi connectivity index (χ0) is 43.1. The molecule has 6 amide bonds. The quantitative estimate of drug-likeness (QED) is 0.0323. The van der Waals surface area contributed by atoms with Crippen LogP contribution >= 0.6 is 0 Å². The molecule has 0 bridgehead atoms. The van der Waals surface area contributed by atoms with E-state index in [2.05, 4.69) is 36.2 Å². The molecule has 2 aliphatic heterocycles. The number of nitrogens with one attached hydrogen (secondary N) is 5. The molecule has 0 aliphatic carbocycles. The predicted octanol–water partition coefficient (Wildman–Crippen LogP) is -2.73. The van der Waals surface area contributed by atoms with Gasteiger partial charge in [-0.1, -0.05) is 13.8 Å². The van der Waals surface area contributed by atoms with Crippen LogP contribution in [0.1, 0.15) is 84.3 Å². The molecule has 2 fully saturated rings. The van der Waals surface area contributed by atoms with Gasteiger partial charge in [0.25, 0.3) is 0 Å². The van der Waals surface area contributed by atoms with Gasteiger partial charge in [0, 0.05) is 44.4 Å². The topological polar surface area (TPSA) is 351 Å². The number of rotatable bonds is 22. The number of carboxylic acids is 2. The van der Waals surface area contributed by atoms with E-state index in [9.17, 15) is 48.6 Å². The largest absolute Gasteiger partial charge is 0.481 e. The summed E-state index contributed by atoms with van der Waals surface area (Å²) >= 11 is 0. The Balaban J connectivity index is 1.78. The number of aromatic nitrogens is 2. The van der Waals surface area contributed by atoms with Gasteiger partial charge in [-0.25, -0.2) is 4.98 Å². The van der Waals surface area contributed by atoms with Crippen molar-refractivity contribution in [3.05, 3.63) is 18.2 Å². The second-order valence-electron chi connectivity index (χ2n) is 15.0. The number of carbonyl (C=O) groups is 8. The van der Waals surface area contributed by atoms with Crippen LogP contribution in [0.15, 0.2) is 17.5 Å². The summed E-state index contributed by atoms with van der Waals surface area (Å²) in [5.74, 6) is -6.63. The van der Waals surface area contributed by atoms with Crippen molar-refractivity contribution < 1.29 is 48.6 Å². The fraction of sp³-hybridized carbons (Fsp3) is 0.667. The number of H-pyrrole nitrogens is 1. The van der Waals surface area contributed by atoms with E-state index < -0.39 is 96.1 Å². The van der Waals surface area contributed by atoms with Crippen molar-refractivity contribution in [2.24, 2.45) is 28.1 Å². The van der Waals surface area contributed by atoms with Crippen molar-refractivity contribution in [2.45, 2.75) is 127 Å². The van der Waals surface area contributed by atoms with Crippen LogP contribution < -0.4 is 38.5 Å². The Morgan fingerprint density at radius 3 is 2.10 bits per heavy atom. The van der Waals surface area contributed by atoms with E-state index >= 15 is 0 Å². The summed E-state index contributed by atoms with van der Waals surface area (Å²) in [6.07, 6.45) is 4.05. The first kappa shape index (κ1) is 46.6.